The number of methoxy groups -OCH3 is 1. The van der Waals surface area contributed by atoms with Crippen molar-refractivity contribution in [1.29, 1.82) is 0 Å². The Morgan fingerprint density at radius 3 is 2.59 bits per heavy atom. The topological polar surface area (TPSA) is 102 Å². The molecule has 0 spiro atoms. The van der Waals surface area contributed by atoms with Crippen molar-refractivity contribution in [3.05, 3.63) is 47.2 Å². The van der Waals surface area contributed by atoms with Gasteiger partial charge in [0.15, 0.2) is 0 Å². The summed E-state index contributed by atoms with van der Waals surface area (Å²) in [4.78, 5) is 27.9. The lowest BCUT2D eigenvalue weighted by molar-refractivity contribution is -0.136. The van der Waals surface area contributed by atoms with E-state index < -0.39 is 12.0 Å². The number of rotatable bonds is 7. The van der Waals surface area contributed by atoms with Crippen LogP contribution in [0.5, 0.6) is 0 Å². The van der Waals surface area contributed by atoms with Crippen molar-refractivity contribution in [2.75, 3.05) is 12.9 Å². The third-order valence-electron chi connectivity index (χ3n) is 6.30. The van der Waals surface area contributed by atoms with Crippen molar-refractivity contribution in [2.45, 2.75) is 61.8 Å². The van der Waals surface area contributed by atoms with Gasteiger partial charge in [0.1, 0.15) is 0 Å². The number of hydrogen-bond acceptors (Lipinski definition) is 7. The monoisotopic (exact) mass is 454 g/mol. The van der Waals surface area contributed by atoms with E-state index >= 15 is 0 Å². The van der Waals surface area contributed by atoms with E-state index in [0.29, 0.717) is 28.2 Å². The van der Waals surface area contributed by atoms with Gasteiger partial charge in [0.05, 0.1) is 24.8 Å². The number of urea groups is 1. The summed E-state index contributed by atoms with van der Waals surface area (Å²) in [5.41, 5.74) is 2.00. The molecule has 5 rings (SSSR count). The average Bonchev–Trinajstić information content (AvgIpc) is 3.30. The molecule has 2 amide bonds. The van der Waals surface area contributed by atoms with Gasteiger partial charge in [0.2, 0.25) is 5.16 Å². The second kappa shape index (κ2) is 8.93. The fourth-order valence-electron chi connectivity index (χ4n) is 4.58. The lowest BCUT2D eigenvalue weighted by Crippen LogP contribution is -2.50. The minimum absolute atomic E-state index is 0.104. The van der Waals surface area contributed by atoms with Crippen LogP contribution in [0.15, 0.2) is 46.8 Å². The molecule has 0 saturated heterocycles. The molecule has 3 aliphatic rings. The third-order valence-corrected chi connectivity index (χ3v) is 7.24. The Labute approximate surface area is 190 Å². The number of nitrogens with one attached hydrogen (secondary N) is 1. The normalized spacial score (nSPS) is 21.7. The Balaban J connectivity index is 1.51. The minimum Gasteiger partial charge on any atom is -0.466 e. The van der Waals surface area contributed by atoms with E-state index in [2.05, 4.69) is 20.8 Å². The van der Waals surface area contributed by atoms with Gasteiger partial charge >= 0.3 is 12.0 Å². The first-order chi connectivity index (χ1) is 15.7. The number of nitrogens with zero attached hydrogens (tertiary/aromatic N) is 5. The molecule has 1 aromatic heterocycles. The smallest absolute Gasteiger partial charge is 0.338 e. The van der Waals surface area contributed by atoms with Crippen molar-refractivity contribution in [2.24, 2.45) is 0 Å². The summed E-state index contributed by atoms with van der Waals surface area (Å²) in [6.45, 7) is 0. The number of carbonyl (C=O) groups is 2. The SMILES string of the molecule is COC(=O)C1=C(CSc2nnnn2C2CCCC2)N(C2CC2)C(=O)NC1c1ccccc1. The van der Waals surface area contributed by atoms with Crippen LogP contribution in [0, 0.1) is 0 Å². The molecule has 2 aliphatic carbocycles. The summed E-state index contributed by atoms with van der Waals surface area (Å²) in [7, 11) is 1.38. The molecule has 2 saturated carbocycles. The van der Waals surface area contributed by atoms with E-state index in [0.717, 1.165) is 31.2 Å². The maximum Gasteiger partial charge on any atom is 0.338 e. The molecule has 2 fully saturated rings. The highest BCUT2D eigenvalue weighted by molar-refractivity contribution is 7.99. The second-order valence-corrected chi connectivity index (χ2v) is 9.32. The van der Waals surface area contributed by atoms with Crippen LogP contribution in [0.1, 0.15) is 56.2 Å². The number of hydrogen-bond donors (Lipinski definition) is 1. The van der Waals surface area contributed by atoms with E-state index in [1.807, 2.05) is 35.0 Å². The van der Waals surface area contributed by atoms with Gasteiger partial charge in [-0.3, -0.25) is 4.90 Å². The summed E-state index contributed by atoms with van der Waals surface area (Å²) in [6, 6.07) is 9.19. The molecule has 0 radical (unpaired) electrons. The molecule has 168 valence electrons. The summed E-state index contributed by atoms with van der Waals surface area (Å²) in [5.74, 6) is -0.0272. The fraction of sp³-hybridized carbons (Fsp3) is 0.500. The van der Waals surface area contributed by atoms with Crippen LogP contribution < -0.4 is 5.32 Å². The number of carbonyl (C=O) groups excluding carboxylic acids is 2. The summed E-state index contributed by atoms with van der Waals surface area (Å²) < 4.78 is 7.07. The van der Waals surface area contributed by atoms with Gasteiger partial charge in [0, 0.05) is 17.5 Å². The average molecular weight is 455 g/mol. The van der Waals surface area contributed by atoms with Crippen LogP contribution in [-0.4, -0.2) is 56.0 Å². The fourth-order valence-corrected chi connectivity index (χ4v) is 5.56. The largest absolute Gasteiger partial charge is 0.466 e. The number of amides is 2. The molecule has 1 atom stereocenters. The van der Waals surface area contributed by atoms with Gasteiger partial charge in [-0.1, -0.05) is 54.9 Å². The first kappa shape index (κ1) is 21.0. The zero-order valence-electron chi connectivity index (χ0n) is 17.9. The van der Waals surface area contributed by atoms with Crippen molar-refractivity contribution < 1.29 is 14.3 Å². The predicted octanol–water partition coefficient (Wildman–Crippen LogP) is 3.24. The summed E-state index contributed by atoms with van der Waals surface area (Å²) in [5, 5.41) is 16.1. The van der Waals surface area contributed by atoms with Crippen LogP contribution in [0.3, 0.4) is 0 Å². The highest BCUT2D eigenvalue weighted by Crippen LogP contribution is 2.40. The predicted molar refractivity (Wildman–Crippen MR) is 118 cm³/mol. The van der Waals surface area contributed by atoms with Crippen molar-refractivity contribution in [3.63, 3.8) is 0 Å². The van der Waals surface area contributed by atoms with Gasteiger partial charge in [0.25, 0.3) is 0 Å². The Hall–Kier alpha value is -2.88. The van der Waals surface area contributed by atoms with E-state index in [1.165, 1.54) is 31.7 Å². The molecule has 0 bridgehead atoms. The Morgan fingerprint density at radius 1 is 1.16 bits per heavy atom. The van der Waals surface area contributed by atoms with E-state index in [1.54, 1.807) is 4.90 Å². The molecule has 2 aromatic rings. The first-order valence-corrected chi connectivity index (χ1v) is 12.0. The molecule has 1 unspecified atom stereocenters. The highest BCUT2D eigenvalue weighted by Gasteiger charge is 2.44. The third kappa shape index (κ3) is 3.99. The minimum atomic E-state index is -0.562. The summed E-state index contributed by atoms with van der Waals surface area (Å²) in [6.07, 6.45) is 6.35. The Bertz CT molecular complexity index is 1030. The number of ether oxygens (including phenoxy) is 1. The zero-order valence-corrected chi connectivity index (χ0v) is 18.8. The van der Waals surface area contributed by atoms with E-state index in [9.17, 15) is 9.59 Å². The number of benzene rings is 1. The maximum atomic E-state index is 13.1. The molecule has 9 nitrogen and oxygen atoms in total. The van der Waals surface area contributed by atoms with Crippen LogP contribution in [-0.2, 0) is 9.53 Å². The molecular formula is C22H26N6O3S. The lowest BCUT2D eigenvalue weighted by atomic mass is 9.95. The van der Waals surface area contributed by atoms with Crippen molar-refractivity contribution in [3.8, 4) is 0 Å². The Morgan fingerprint density at radius 2 is 1.91 bits per heavy atom. The molecule has 1 aliphatic heterocycles. The highest BCUT2D eigenvalue weighted by atomic mass is 32.2. The van der Waals surface area contributed by atoms with Gasteiger partial charge < -0.3 is 10.1 Å². The number of tetrazole rings is 1. The number of thioether (sulfide) groups is 1. The van der Waals surface area contributed by atoms with Gasteiger partial charge in [-0.25, -0.2) is 14.3 Å². The van der Waals surface area contributed by atoms with Gasteiger partial charge in [-0.05, 0) is 41.7 Å². The van der Waals surface area contributed by atoms with Crippen LogP contribution in [0.2, 0.25) is 0 Å². The molecule has 32 heavy (non-hydrogen) atoms. The van der Waals surface area contributed by atoms with E-state index in [4.69, 9.17) is 4.74 Å². The standard InChI is InChI=1S/C22H26N6O3S/c1-31-20(29)18-17(13-32-22-24-25-26-28(22)16-9-5-6-10-16)27(15-11-12-15)21(30)23-19(18)14-7-3-2-4-8-14/h2-4,7-8,15-16,19H,5-6,9-13H2,1H3,(H,23,30). The first-order valence-electron chi connectivity index (χ1n) is 11.0. The van der Waals surface area contributed by atoms with Crippen molar-refractivity contribution in [1.82, 2.24) is 30.4 Å². The van der Waals surface area contributed by atoms with Crippen LogP contribution in [0.4, 0.5) is 4.79 Å². The van der Waals surface area contributed by atoms with Crippen molar-refractivity contribution >= 4 is 23.8 Å². The summed E-state index contributed by atoms with van der Waals surface area (Å²) >= 11 is 1.47. The van der Waals surface area contributed by atoms with Gasteiger partial charge in [-0.2, -0.15) is 0 Å². The maximum absolute atomic E-state index is 13.1. The van der Waals surface area contributed by atoms with Gasteiger partial charge in [-0.15, -0.1) is 5.10 Å². The molecule has 2 heterocycles. The number of esters is 1. The quantitative estimate of drug-likeness (QED) is 0.506. The zero-order chi connectivity index (χ0) is 22.1. The molecule has 10 heteroatoms. The van der Waals surface area contributed by atoms with E-state index in [-0.39, 0.29) is 12.1 Å². The van der Waals surface area contributed by atoms with Crippen LogP contribution in [0.25, 0.3) is 0 Å². The molecule has 1 aromatic carbocycles. The molecule has 1 N–H and O–H groups in total. The lowest BCUT2D eigenvalue weighted by Gasteiger charge is -2.36. The van der Waals surface area contributed by atoms with Crippen LogP contribution >= 0.6 is 11.8 Å². The molecular weight excluding hydrogens is 428 g/mol. The number of aromatic nitrogens is 4. The Kier molecular flexibility index (Phi) is 5.86. The second-order valence-electron chi connectivity index (χ2n) is 8.38.